The average molecular weight is 356 g/mol. The van der Waals surface area contributed by atoms with Crippen molar-refractivity contribution in [3.8, 4) is 0 Å². The number of carboxylic acid groups (broad SMARTS) is 1. The molecule has 0 aromatic carbocycles. The first-order valence-corrected chi connectivity index (χ1v) is 9.15. The van der Waals surface area contributed by atoms with Gasteiger partial charge in [-0.05, 0) is 18.3 Å². The zero-order valence-electron chi connectivity index (χ0n) is 15.3. The third-order valence-corrected chi connectivity index (χ3v) is 5.45. The second-order valence-corrected chi connectivity index (χ2v) is 7.93. The molecule has 0 radical (unpaired) electrons. The lowest BCUT2D eigenvalue weighted by molar-refractivity contribution is -0.135. The smallest absolute Gasteiger partial charge is 0.355 e. The summed E-state index contributed by atoms with van der Waals surface area (Å²) in [5.74, 6) is -0.649. The van der Waals surface area contributed by atoms with E-state index in [0.29, 0.717) is 0 Å². The van der Waals surface area contributed by atoms with Crippen molar-refractivity contribution in [3.05, 3.63) is 16.1 Å². The highest BCUT2D eigenvalue weighted by Crippen LogP contribution is 2.28. The normalized spacial score (nSPS) is 15.4. The summed E-state index contributed by atoms with van der Waals surface area (Å²) in [6.45, 7) is 10.0. The lowest BCUT2D eigenvalue weighted by Crippen LogP contribution is -2.50. The van der Waals surface area contributed by atoms with E-state index in [1.54, 1.807) is 17.3 Å². The van der Waals surface area contributed by atoms with Crippen LogP contribution in [0.5, 0.6) is 0 Å². The molecule has 0 spiro atoms. The maximum absolute atomic E-state index is 12.6. The molecule has 136 valence electrons. The summed E-state index contributed by atoms with van der Waals surface area (Å²) in [7, 11) is 1.80. The Morgan fingerprint density at radius 3 is 2.25 bits per heavy atom. The van der Waals surface area contributed by atoms with E-state index < -0.39 is 12.0 Å². The fraction of sp³-hybridized carbons (Fsp3) is 0.706. The zero-order chi connectivity index (χ0) is 18.6. The lowest BCUT2D eigenvalue weighted by Gasteiger charge is -2.35. The van der Waals surface area contributed by atoms with Crippen LogP contribution in [0.2, 0.25) is 0 Å². The molecule has 0 unspecified atom stereocenters. The Balaban J connectivity index is 2.88. The van der Waals surface area contributed by atoms with Gasteiger partial charge in [0, 0.05) is 24.4 Å². The van der Waals surface area contributed by atoms with E-state index in [1.165, 1.54) is 11.3 Å². The van der Waals surface area contributed by atoms with Gasteiger partial charge in [0.15, 0.2) is 5.69 Å². The number of aromatic carboxylic acids is 1. The van der Waals surface area contributed by atoms with Crippen molar-refractivity contribution in [1.82, 2.24) is 9.88 Å². The Morgan fingerprint density at radius 2 is 1.83 bits per heavy atom. The predicted octanol–water partition coefficient (Wildman–Crippen LogP) is 2.80. The highest BCUT2D eigenvalue weighted by atomic mass is 32.1. The van der Waals surface area contributed by atoms with Crippen molar-refractivity contribution in [2.45, 2.75) is 59.0 Å². The minimum atomic E-state index is -1.01. The Kier molecular flexibility index (Phi) is 7.35. The van der Waals surface area contributed by atoms with Crippen LogP contribution in [0, 0.1) is 11.8 Å². The molecule has 0 bridgehead atoms. The Hall–Kier alpha value is -1.47. The van der Waals surface area contributed by atoms with Crippen molar-refractivity contribution in [2.75, 3.05) is 7.05 Å². The molecule has 1 aromatic rings. The van der Waals surface area contributed by atoms with Crippen molar-refractivity contribution in [2.24, 2.45) is 17.6 Å². The molecule has 0 aliphatic heterocycles. The van der Waals surface area contributed by atoms with E-state index in [-0.39, 0.29) is 35.4 Å². The van der Waals surface area contributed by atoms with Crippen LogP contribution in [0.15, 0.2) is 5.38 Å². The Labute approximate surface area is 148 Å². The summed E-state index contributed by atoms with van der Waals surface area (Å²) in [4.78, 5) is 29.5. The van der Waals surface area contributed by atoms with Crippen molar-refractivity contribution < 1.29 is 14.7 Å². The van der Waals surface area contributed by atoms with E-state index >= 15 is 0 Å². The van der Waals surface area contributed by atoms with E-state index in [2.05, 4.69) is 18.8 Å². The number of hydrogen-bond acceptors (Lipinski definition) is 5. The number of carboxylic acids is 1. The van der Waals surface area contributed by atoms with Gasteiger partial charge in [-0.1, -0.05) is 34.6 Å². The molecule has 24 heavy (non-hydrogen) atoms. The number of carbonyl (C=O) groups is 2. The SMILES string of the molecule is CC(C)[C@H](N)C(=O)N(C)[C@H](C[C@@H](C)c1nc(C(=O)O)cs1)C(C)C. The Morgan fingerprint density at radius 1 is 1.25 bits per heavy atom. The molecule has 1 heterocycles. The standard InChI is InChI=1S/C17H29N3O3S/c1-9(2)13(20(6)16(21)14(18)10(3)4)7-11(5)15-19-12(8-24-15)17(22)23/h8-11,13-14H,7,18H2,1-6H3,(H,22,23)/t11-,13-,14+/m1/s1. The van der Waals surface area contributed by atoms with Crippen LogP contribution in [-0.2, 0) is 4.79 Å². The first kappa shape index (κ1) is 20.6. The van der Waals surface area contributed by atoms with E-state index in [1.807, 2.05) is 20.8 Å². The first-order valence-electron chi connectivity index (χ1n) is 8.27. The van der Waals surface area contributed by atoms with Gasteiger partial charge in [0.1, 0.15) is 0 Å². The number of likely N-dealkylation sites (N-methyl/N-ethyl adjacent to an activating group) is 1. The van der Waals surface area contributed by atoms with Gasteiger partial charge in [0.05, 0.1) is 11.0 Å². The number of amides is 1. The van der Waals surface area contributed by atoms with Gasteiger partial charge in [0.2, 0.25) is 5.91 Å². The second-order valence-electron chi connectivity index (χ2n) is 7.04. The summed E-state index contributed by atoms with van der Waals surface area (Å²) < 4.78 is 0. The van der Waals surface area contributed by atoms with Gasteiger partial charge in [-0.25, -0.2) is 9.78 Å². The van der Waals surface area contributed by atoms with Gasteiger partial charge < -0.3 is 15.7 Å². The molecular weight excluding hydrogens is 326 g/mol. The van der Waals surface area contributed by atoms with Crippen LogP contribution in [0.1, 0.15) is 62.5 Å². The van der Waals surface area contributed by atoms with E-state index in [0.717, 1.165) is 11.4 Å². The molecule has 0 fully saturated rings. The second kappa shape index (κ2) is 8.58. The van der Waals surface area contributed by atoms with Crippen LogP contribution in [0.3, 0.4) is 0 Å². The van der Waals surface area contributed by atoms with Gasteiger partial charge in [0.25, 0.3) is 0 Å². The molecule has 3 atom stereocenters. The number of carbonyl (C=O) groups excluding carboxylic acids is 1. The van der Waals surface area contributed by atoms with Crippen LogP contribution in [0.4, 0.5) is 0 Å². The third-order valence-electron chi connectivity index (χ3n) is 4.38. The molecular formula is C17H29N3O3S. The number of nitrogens with two attached hydrogens (primary N) is 1. The highest BCUT2D eigenvalue weighted by Gasteiger charge is 2.30. The quantitative estimate of drug-likeness (QED) is 0.747. The average Bonchev–Trinajstić information content (AvgIpc) is 3.00. The van der Waals surface area contributed by atoms with Crippen molar-refractivity contribution in [1.29, 1.82) is 0 Å². The fourth-order valence-electron chi connectivity index (χ4n) is 2.64. The number of nitrogens with zero attached hydrogens (tertiary/aromatic N) is 2. The monoisotopic (exact) mass is 355 g/mol. The van der Waals surface area contributed by atoms with E-state index in [9.17, 15) is 9.59 Å². The predicted molar refractivity (Wildman–Crippen MR) is 96.3 cm³/mol. The molecule has 1 rings (SSSR count). The molecule has 0 saturated carbocycles. The molecule has 0 aliphatic carbocycles. The lowest BCUT2D eigenvalue weighted by atomic mass is 9.91. The zero-order valence-corrected chi connectivity index (χ0v) is 16.1. The molecule has 3 N–H and O–H groups in total. The summed E-state index contributed by atoms with van der Waals surface area (Å²) in [5, 5.41) is 11.3. The van der Waals surface area contributed by atoms with Crippen LogP contribution in [0.25, 0.3) is 0 Å². The third kappa shape index (κ3) is 5.01. The van der Waals surface area contributed by atoms with Crippen LogP contribution >= 0.6 is 11.3 Å². The van der Waals surface area contributed by atoms with Crippen molar-refractivity contribution >= 4 is 23.2 Å². The first-order chi connectivity index (χ1) is 11.1. The maximum Gasteiger partial charge on any atom is 0.355 e. The van der Waals surface area contributed by atoms with Gasteiger partial charge in [-0.15, -0.1) is 11.3 Å². The van der Waals surface area contributed by atoms with Gasteiger partial charge in [-0.3, -0.25) is 4.79 Å². The summed E-state index contributed by atoms with van der Waals surface area (Å²) >= 11 is 1.35. The summed E-state index contributed by atoms with van der Waals surface area (Å²) in [5.41, 5.74) is 6.09. The Bertz CT molecular complexity index is 571. The van der Waals surface area contributed by atoms with Crippen molar-refractivity contribution in [3.63, 3.8) is 0 Å². The minimum Gasteiger partial charge on any atom is -0.476 e. The molecule has 7 heteroatoms. The molecule has 0 saturated heterocycles. The van der Waals surface area contributed by atoms with Gasteiger partial charge in [-0.2, -0.15) is 0 Å². The van der Waals surface area contributed by atoms with Gasteiger partial charge >= 0.3 is 5.97 Å². The highest BCUT2D eigenvalue weighted by molar-refractivity contribution is 7.09. The number of aromatic nitrogens is 1. The summed E-state index contributed by atoms with van der Waals surface area (Å²) in [6.07, 6.45) is 0.720. The number of thiazole rings is 1. The molecule has 6 nitrogen and oxygen atoms in total. The largest absolute Gasteiger partial charge is 0.476 e. The molecule has 1 amide bonds. The number of rotatable bonds is 8. The molecule has 0 aliphatic rings. The van der Waals surface area contributed by atoms with Crippen LogP contribution < -0.4 is 5.73 Å². The van der Waals surface area contributed by atoms with E-state index in [4.69, 9.17) is 10.8 Å². The topological polar surface area (TPSA) is 96.5 Å². The maximum atomic E-state index is 12.6. The number of hydrogen-bond donors (Lipinski definition) is 2. The van der Waals surface area contributed by atoms with Crippen LogP contribution in [-0.4, -0.2) is 46.0 Å². The minimum absolute atomic E-state index is 0.0227. The fourth-order valence-corrected chi connectivity index (χ4v) is 3.50. The molecule has 1 aromatic heterocycles. The summed E-state index contributed by atoms with van der Waals surface area (Å²) in [6, 6.07) is -0.487.